The first kappa shape index (κ1) is 27.5. The quantitative estimate of drug-likeness (QED) is 0.246. The molecule has 5 aromatic rings. The number of carbonyl (C=O) groups excluding carboxylic acids is 1. The van der Waals surface area contributed by atoms with Crippen molar-refractivity contribution in [2.45, 2.75) is 6.04 Å². The van der Waals surface area contributed by atoms with E-state index in [4.69, 9.17) is 9.72 Å². The standard InChI is InChI=1S/C31H33N11O2/c1-6-28(43)34-22-11-23(27(44-5)12-25(22)41(4)30-20-14-39(2)15-21(20)30)35-31-32-13-26(42-17-33-37-38-42)29(36-31)19-16-40(3)24-10-8-7-9-18(19)24/h6-13,16-17,20-21,30H,1,14-15H2,2-5H3,(H,34,43)(H,32,35,36)/t20-,21+,30+. The second-order valence-corrected chi connectivity index (χ2v) is 11.4. The number of carbonyl (C=O) groups is 1. The predicted octanol–water partition coefficient (Wildman–Crippen LogP) is 3.48. The van der Waals surface area contributed by atoms with Crippen LogP contribution in [-0.4, -0.2) is 85.9 Å². The van der Waals surface area contributed by atoms with E-state index in [2.05, 4.69) is 78.3 Å². The number of ether oxygens (including phenoxy) is 1. The van der Waals surface area contributed by atoms with Gasteiger partial charge in [-0.2, -0.15) is 4.68 Å². The van der Waals surface area contributed by atoms with Crippen molar-refractivity contribution >= 4 is 39.8 Å². The van der Waals surface area contributed by atoms with E-state index in [1.807, 2.05) is 37.5 Å². The third-order valence-electron chi connectivity index (χ3n) is 8.68. The summed E-state index contributed by atoms with van der Waals surface area (Å²) in [5.41, 5.74) is 5.34. The highest BCUT2D eigenvalue weighted by molar-refractivity contribution is 6.02. The van der Waals surface area contributed by atoms with Gasteiger partial charge in [0.25, 0.3) is 0 Å². The Morgan fingerprint density at radius 2 is 1.95 bits per heavy atom. The minimum absolute atomic E-state index is 0.299. The summed E-state index contributed by atoms with van der Waals surface area (Å²) in [6.07, 6.45) is 6.49. The maximum Gasteiger partial charge on any atom is 0.247 e. The highest BCUT2D eigenvalue weighted by atomic mass is 16.5. The molecule has 2 aromatic carbocycles. The van der Waals surface area contributed by atoms with E-state index >= 15 is 0 Å². The van der Waals surface area contributed by atoms with Crippen LogP contribution in [0.15, 0.2) is 67.8 Å². The topological polar surface area (TPSA) is 131 Å². The van der Waals surface area contributed by atoms with Gasteiger partial charge in [-0.3, -0.25) is 4.79 Å². The number of anilines is 4. The molecule has 3 atom stereocenters. The van der Waals surface area contributed by atoms with Gasteiger partial charge in [-0.1, -0.05) is 24.8 Å². The number of hydrogen-bond donors (Lipinski definition) is 2. The largest absolute Gasteiger partial charge is 0.494 e. The molecule has 1 saturated heterocycles. The molecule has 7 rings (SSSR count). The highest BCUT2D eigenvalue weighted by Gasteiger charge is 2.57. The Labute approximate surface area is 254 Å². The number of rotatable bonds is 9. The summed E-state index contributed by atoms with van der Waals surface area (Å²) in [7, 11) is 7.85. The number of nitrogens with zero attached hydrogens (tertiary/aromatic N) is 9. The molecular formula is C31H33N11O2. The van der Waals surface area contributed by atoms with Crippen molar-refractivity contribution in [1.82, 2.24) is 39.6 Å². The number of aromatic nitrogens is 7. The molecule has 13 nitrogen and oxygen atoms in total. The molecule has 1 saturated carbocycles. The highest BCUT2D eigenvalue weighted by Crippen LogP contribution is 2.51. The average Bonchev–Trinajstić information content (AvgIpc) is 3.44. The Hall–Kier alpha value is -5.30. The number of hydrogen-bond acceptors (Lipinski definition) is 10. The van der Waals surface area contributed by atoms with Crippen LogP contribution in [-0.2, 0) is 11.8 Å². The molecule has 0 radical (unpaired) electrons. The summed E-state index contributed by atoms with van der Waals surface area (Å²) in [5.74, 6) is 1.84. The second-order valence-electron chi connectivity index (χ2n) is 11.4. The lowest BCUT2D eigenvalue weighted by Gasteiger charge is -2.27. The molecule has 0 unspecified atom stereocenters. The van der Waals surface area contributed by atoms with Crippen molar-refractivity contribution in [2.24, 2.45) is 18.9 Å². The lowest BCUT2D eigenvalue weighted by atomic mass is 10.1. The Bertz CT molecular complexity index is 1870. The Morgan fingerprint density at radius 3 is 2.68 bits per heavy atom. The van der Waals surface area contributed by atoms with Gasteiger partial charge in [0, 0.05) is 62.0 Å². The van der Waals surface area contributed by atoms with Crippen molar-refractivity contribution in [3.05, 3.63) is 67.8 Å². The molecule has 2 aliphatic rings. The molecule has 3 aromatic heterocycles. The minimum Gasteiger partial charge on any atom is -0.494 e. The van der Waals surface area contributed by atoms with E-state index in [9.17, 15) is 4.79 Å². The molecule has 1 aliphatic heterocycles. The number of fused-ring (bicyclic) bond motifs is 2. The van der Waals surface area contributed by atoms with Crippen molar-refractivity contribution in [3.8, 4) is 22.7 Å². The van der Waals surface area contributed by atoms with E-state index in [0.29, 0.717) is 52.3 Å². The summed E-state index contributed by atoms with van der Waals surface area (Å²) in [6, 6.07) is 12.3. The van der Waals surface area contributed by atoms with Gasteiger partial charge in [-0.25, -0.2) is 9.97 Å². The normalized spacial score (nSPS) is 19.0. The van der Waals surface area contributed by atoms with Crippen molar-refractivity contribution in [2.75, 3.05) is 49.8 Å². The monoisotopic (exact) mass is 591 g/mol. The van der Waals surface area contributed by atoms with Crippen LogP contribution in [0.3, 0.4) is 0 Å². The van der Waals surface area contributed by atoms with Crippen LogP contribution in [0.5, 0.6) is 5.75 Å². The van der Waals surface area contributed by atoms with Crippen molar-refractivity contribution in [1.29, 1.82) is 0 Å². The van der Waals surface area contributed by atoms with Gasteiger partial charge in [0.1, 0.15) is 23.5 Å². The molecule has 224 valence electrons. The van der Waals surface area contributed by atoms with Crippen molar-refractivity contribution < 1.29 is 9.53 Å². The number of tetrazole rings is 1. The number of methoxy groups -OCH3 is 1. The predicted molar refractivity (Wildman–Crippen MR) is 168 cm³/mol. The number of para-hydroxylation sites is 1. The van der Waals surface area contributed by atoms with Crippen LogP contribution < -0.4 is 20.3 Å². The first-order valence-electron chi connectivity index (χ1n) is 14.3. The van der Waals surface area contributed by atoms with Crippen LogP contribution in [0, 0.1) is 11.8 Å². The maximum atomic E-state index is 12.5. The van der Waals surface area contributed by atoms with Crippen LogP contribution in [0.25, 0.3) is 27.8 Å². The van der Waals surface area contributed by atoms with Gasteiger partial charge in [0.05, 0.1) is 30.4 Å². The molecule has 0 bridgehead atoms. The fourth-order valence-corrected chi connectivity index (χ4v) is 6.58. The number of amides is 1. The average molecular weight is 592 g/mol. The van der Waals surface area contributed by atoms with Gasteiger partial charge in [-0.15, -0.1) is 5.10 Å². The number of nitrogens with one attached hydrogen (secondary N) is 2. The molecule has 1 aliphatic carbocycles. The first-order chi connectivity index (χ1) is 21.4. The second kappa shape index (κ2) is 10.8. The van der Waals surface area contributed by atoms with Crippen LogP contribution in [0.1, 0.15) is 0 Å². The van der Waals surface area contributed by atoms with E-state index in [0.717, 1.165) is 35.2 Å². The van der Waals surface area contributed by atoms with Gasteiger partial charge in [-0.05, 0) is 47.5 Å². The fourth-order valence-electron chi connectivity index (χ4n) is 6.58. The first-order valence-corrected chi connectivity index (χ1v) is 14.3. The molecule has 44 heavy (non-hydrogen) atoms. The van der Waals surface area contributed by atoms with Crippen LogP contribution in [0.4, 0.5) is 23.0 Å². The summed E-state index contributed by atoms with van der Waals surface area (Å²) in [4.78, 5) is 26.7. The zero-order valence-corrected chi connectivity index (χ0v) is 25.0. The smallest absolute Gasteiger partial charge is 0.247 e. The van der Waals surface area contributed by atoms with E-state index in [1.165, 1.54) is 12.4 Å². The summed E-state index contributed by atoms with van der Waals surface area (Å²) < 4.78 is 9.44. The number of piperidine rings is 1. The minimum atomic E-state index is -0.299. The Morgan fingerprint density at radius 1 is 1.16 bits per heavy atom. The van der Waals surface area contributed by atoms with Crippen molar-refractivity contribution in [3.63, 3.8) is 0 Å². The van der Waals surface area contributed by atoms with Gasteiger partial charge >= 0.3 is 0 Å². The van der Waals surface area contributed by atoms with E-state index < -0.39 is 0 Å². The zero-order chi connectivity index (χ0) is 30.5. The van der Waals surface area contributed by atoms with Gasteiger partial charge in [0.2, 0.25) is 11.9 Å². The molecule has 4 heterocycles. The van der Waals surface area contributed by atoms with E-state index in [1.54, 1.807) is 18.0 Å². The van der Waals surface area contributed by atoms with Gasteiger partial charge in [0.15, 0.2) is 0 Å². The Kier molecular flexibility index (Phi) is 6.73. The SMILES string of the molecule is C=CC(=O)Nc1cc(Nc2ncc(-n3cnnn3)c(-c3cn(C)c4ccccc34)n2)c(OC)cc1N(C)[C@H]1[C@@H]2CN(C)C[C@@H]21. The number of likely N-dealkylation sites (tertiary alicyclic amines) is 1. The molecule has 0 spiro atoms. The molecule has 1 amide bonds. The maximum absolute atomic E-state index is 12.5. The fraction of sp³-hybridized carbons (Fsp3) is 0.290. The summed E-state index contributed by atoms with van der Waals surface area (Å²) in [5, 5.41) is 19.1. The molecule has 2 N–H and O–H groups in total. The lowest BCUT2D eigenvalue weighted by molar-refractivity contribution is -0.111. The lowest BCUT2D eigenvalue weighted by Crippen LogP contribution is -2.31. The number of benzene rings is 2. The Balaban J connectivity index is 1.29. The van der Waals surface area contributed by atoms with E-state index in [-0.39, 0.29) is 5.91 Å². The zero-order valence-electron chi connectivity index (χ0n) is 25.0. The summed E-state index contributed by atoms with van der Waals surface area (Å²) >= 11 is 0. The van der Waals surface area contributed by atoms with Crippen LogP contribution >= 0.6 is 0 Å². The molecule has 13 heteroatoms. The summed E-state index contributed by atoms with van der Waals surface area (Å²) in [6.45, 7) is 5.78. The van der Waals surface area contributed by atoms with Crippen LogP contribution in [0.2, 0.25) is 0 Å². The molecule has 2 fully saturated rings. The third-order valence-corrected chi connectivity index (χ3v) is 8.68. The van der Waals surface area contributed by atoms with Gasteiger partial charge < -0.3 is 29.7 Å². The number of aryl methyl sites for hydroxylation is 1. The molecular weight excluding hydrogens is 558 g/mol. The third kappa shape index (κ3) is 4.71.